The molecule has 1 saturated heterocycles. The Morgan fingerprint density at radius 3 is 2.69 bits per heavy atom. The van der Waals surface area contributed by atoms with Gasteiger partial charge in [0.25, 0.3) is 0 Å². The quantitative estimate of drug-likeness (QED) is 0.402. The summed E-state index contributed by atoms with van der Waals surface area (Å²) < 4.78 is 5.58. The molecule has 8 heteroatoms. The zero-order valence-electron chi connectivity index (χ0n) is 17.6. The van der Waals surface area contributed by atoms with Gasteiger partial charge in [0.05, 0.1) is 11.6 Å². The highest BCUT2D eigenvalue weighted by molar-refractivity contribution is 6.42. The summed E-state index contributed by atoms with van der Waals surface area (Å²) in [6.07, 6.45) is 1.44. The number of likely N-dealkylation sites (tertiary alicyclic amines) is 1. The van der Waals surface area contributed by atoms with E-state index >= 15 is 0 Å². The number of hydrogen-bond donors (Lipinski definition) is 3. The number of halogens is 2. The van der Waals surface area contributed by atoms with E-state index in [0.29, 0.717) is 27.8 Å². The first kappa shape index (κ1) is 24.1. The van der Waals surface area contributed by atoms with E-state index in [-0.39, 0.29) is 13.2 Å². The van der Waals surface area contributed by atoms with Crippen molar-refractivity contribution in [2.24, 2.45) is 10.9 Å². The average Bonchev–Trinajstić information content (AvgIpc) is 2.68. The van der Waals surface area contributed by atoms with Crippen molar-refractivity contribution in [1.82, 2.24) is 15.5 Å². The maximum atomic E-state index is 10.2. The first-order valence-corrected chi connectivity index (χ1v) is 11.2. The van der Waals surface area contributed by atoms with Gasteiger partial charge in [0.15, 0.2) is 5.96 Å². The predicted octanol–water partition coefficient (Wildman–Crippen LogP) is 3.41. The summed E-state index contributed by atoms with van der Waals surface area (Å²) in [7, 11) is 0. The van der Waals surface area contributed by atoms with Crippen molar-refractivity contribution in [3.8, 4) is 5.75 Å². The third-order valence-electron chi connectivity index (χ3n) is 4.70. The molecule has 1 atom stereocenters. The molecule has 164 valence electrons. The number of aliphatic hydroxyl groups excluding tert-OH is 1. The van der Waals surface area contributed by atoms with Crippen LogP contribution in [0.1, 0.15) is 33.6 Å². The smallest absolute Gasteiger partial charge is 0.191 e. The Bertz CT molecular complexity index is 650. The number of rotatable bonds is 9. The molecule has 1 aliphatic heterocycles. The molecular weight excluding hydrogens is 411 g/mol. The first-order valence-electron chi connectivity index (χ1n) is 10.4. The van der Waals surface area contributed by atoms with Crippen LogP contribution in [0.15, 0.2) is 23.2 Å². The molecule has 0 amide bonds. The number of aliphatic hydroxyl groups is 1. The first-order chi connectivity index (χ1) is 13.9. The highest BCUT2D eigenvalue weighted by atomic mass is 35.5. The van der Waals surface area contributed by atoms with Gasteiger partial charge in [-0.05, 0) is 37.8 Å². The molecule has 0 spiro atoms. The van der Waals surface area contributed by atoms with Crippen LogP contribution in [0.25, 0.3) is 0 Å². The van der Waals surface area contributed by atoms with E-state index in [9.17, 15) is 5.11 Å². The second-order valence-corrected chi connectivity index (χ2v) is 8.63. The standard InChI is InChI=1S/C21H34Cl2N4O2/c1-4-24-21(26-16-8-10-27(11-9-16)13-15(2)3)25-12-17(28)14-29-19-7-5-6-18(22)20(19)23/h5-7,15-17,28H,4,8-14H2,1-3H3,(H2,24,25,26). The highest BCUT2D eigenvalue weighted by Crippen LogP contribution is 2.31. The van der Waals surface area contributed by atoms with Crippen molar-refractivity contribution < 1.29 is 9.84 Å². The van der Waals surface area contributed by atoms with Crippen molar-refractivity contribution in [3.05, 3.63) is 28.2 Å². The van der Waals surface area contributed by atoms with Crippen LogP contribution in [0.2, 0.25) is 10.0 Å². The number of piperidine rings is 1. The van der Waals surface area contributed by atoms with Gasteiger partial charge >= 0.3 is 0 Å². The predicted molar refractivity (Wildman–Crippen MR) is 121 cm³/mol. The molecule has 0 aliphatic carbocycles. The van der Waals surface area contributed by atoms with Crippen LogP contribution in [-0.2, 0) is 0 Å². The number of aliphatic imine (C=N–C) groups is 1. The lowest BCUT2D eigenvalue weighted by molar-refractivity contribution is 0.114. The highest BCUT2D eigenvalue weighted by Gasteiger charge is 2.20. The van der Waals surface area contributed by atoms with E-state index in [4.69, 9.17) is 27.9 Å². The summed E-state index contributed by atoms with van der Waals surface area (Å²) in [4.78, 5) is 7.04. The largest absolute Gasteiger partial charge is 0.489 e. The number of benzene rings is 1. The van der Waals surface area contributed by atoms with Crippen molar-refractivity contribution in [2.45, 2.75) is 45.8 Å². The fraction of sp³-hybridized carbons (Fsp3) is 0.667. The molecule has 1 fully saturated rings. The molecule has 0 radical (unpaired) electrons. The van der Waals surface area contributed by atoms with Crippen LogP contribution < -0.4 is 15.4 Å². The van der Waals surface area contributed by atoms with Crippen LogP contribution in [0.3, 0.4) is 0 Å². The molecule has 1 aromatic rings. The summed E-state index contributed by atoms with van der Waals surface area (Å²) in [6, 6.07) is 5.57. The van der Waals surface area contributed by atoms with Gasteiger partial charge in [-0.1, -0.05) is 43.1 Å². The Kier molecular flexibility index (Phi) is 10.4. The minimum absolute atomic E-state index is 0.0938. The summed E-state index contributed by atoms with van der Waals surface area (Å²) in [5.74, 6) is 1.89. The van der Waals surface area contributed by atoms with E-state index in [1.807, 2.05) is 6.92 Å². The van der Waals surface area contributed by atoms with E-state index in [2.05, 4.69) is 34.4 Å². The SMILES string of the molecule is CCNC(=NCC(O)COc1cccc(Cl)c1Cl)NC1CCN(CC(C)C)CC1. The van der Waals surface area contributed by atoms with E-state index in [1.54, 1.807) is 18.2 Å². The maximum absolute atomic E-state index is 10.2. The Hall–Kier alpha value is -1.21. The fourth-order valence-corrected chi connectivity index (χ4v) is 3.67. The Morgan fingerprint density at radius 1 is 1.31 bits per heavy atom. The molecular formula is C21H34Cl2N4O2. The fourth-order valence-electron chi connectivity index (χ4n) is 3.32. The number of hydrogen-bond acceptors (Lipinski definition) is 4. The molecule has 6 nitrogen and oxygen atoms in total. The van der Waals surface area contributed by atoms with Crippen molar-refractivity contribution >= 4 is 29.2 Å². The normalized spacial score (nSPS) is 17.4. The molecule has 0 aromatic heterocycles. The topological polar surface area (TPSA) is 69.1 Å². The van der Waals surface area contributed by atoms with Gasteiger partial charge in [-0.25, -0.2) is 0 Å². The van der Waals surface area contributed by atoms with Crippen LogP contribution >= 0.6 is 23.2 Å². The second kappa shape index (κ2) is 12.5. The summed E-state index contributed by atoms with van der Waals surface area (Å²) in [5.41, 5.74) is 0. The van der Waals surface area contributed by atoms with Crippen LogP contribution in [0.4, 0.5) is 0 Å². The molecule has 3 N–H and O–H groups in total. The lowest BCUT2D eigenvalue weighted by atomic mass is 10.0. The third kappa shape index (κ3) is 8.59. The summed E-state index contributed by atoms with van der Waals surface area (Å²) in [6.45, 7) is 11.0. The lowest BCUT2D eigenvalue weighted by Crippen LogP contribution is -2.49. The van der Waals surface area contributed by atoms with Gasteiger partial charge < -0.3 is 25.4 Å². The molecule has 1 aromatic carbocycles. The number of nitrogens with one attached hydrogen (secondary N) is 2. The van der Waals surface area contributed by atoms with Crippen LogP contribution in [0.5, 0.6) is 5.75 Å². The summed E-state index contributed by atoms with van der Waals surface area (Å²) in [5, 5.41) is 17.8. The monoisotopic (exact) mass is 444 g/mol. The molecule has 1 unspecified atom stereocenters. The average molecular weight is 445 g/mol. The van der Waals surface area contributed by atoms with Crippen molar-refractivity contribution in [2.75, 3.05) is 39.3 Å². The van der Waals surface area contributed by atoms with E-state index in [0.717, 1.165) is 45.0 Å². The zero-order valence-corrected chi connectivity index (χ0v) is 19.1. The van der Waals surface area contributed by atoms with E-state index in [1.165, 1.54) is 0 Å². The van der Waals surface area contributed by atoms with Crippen LogP contribution in [-0.4, -0.2) is 67.4 Å². The maximum Gasteiger partial charge on any atom is 0.191 e. The van der Waals surface area contributed by atoms with Crippen LogP contribution in [0, 0.1) is 5.92 Å². The van der Waals surface area contributed by atoms with Gasteiger partial charge in [-0.15, -0.1) is 0 Å². The lowest BCUT2D eigenvalue weighted by Gasteiger charge is -2.34. The minimum Gasteiger partial charge on any atom is -0.489 e. The van der Waals surface area contributed by atoms with Gasteiger partial charge in [0, 0.05) is 32.2 Å². The zero-order chi connectivity index (χ0) is 21.2. The number of ether oxygens (including phenoxy) is 1. The van der Waals surface area contributed by atoms with Gasteiger partial charge in [0.2, 0.25) is 0 Å². The van der Waals surface area contributed by atoms with Gasteiger partial charge in [-0.2, -0.15) is 0 Å². The number of guanidine groups is 1. The molecule has 2 rings (SSSR count). The molecule has 1 heterocycles. The third-order valence-corrected chi connectivity index (χ3v) is 5.51. The van der Waals surface area contributed by atoms with E-state index < -0.39 is 6.10 Å². The van der Waals surface area contributed by atoms with Gasteiger partial charge in [-0.3, -0.25) is 4.99 Å². The Balaban J connectivity index is 1.79. The molecule has 0 saturated carbocycles. The second-order valence-electron chi connectivity index (χ2n) is 7.85. The van der Waals surface area contributed by atoms with Crippen molar-refractivity contribution in [3.63, 3.8) is 0 Å². The molecule has 0 bridgehead atoms. The molecule has 1 aliphatic rings. The van der Waals surface area contributed by atoms with Gasteiger partial charge in [0.1, 0.15) is 23.5 Å². The summed E-state index contributed by atoms with van der Waals surface area (Å²) >= 11 is 12.1. The number of nitrogens with zero attached hydrogens (tertiary/aromatic N) is 2. The molecule has 29 heavy (non-hydrogen) atoms. The minimum atomic E-state index is -0.742. The Labute approximate surface area is 184 Å². The Morgan fingerprint density at radius 2 is 2.03 bits per heavy atom. The van der Waals surface area contributed by atoms with Crippen molar-refractivity contribution in [1.29, 1.82) is 0 Å².